The summed E-state index contributed by atoms with van der Waals surface area (Å²) in [5, 5.41) is 4.34. The first-order chi connectivity index (χ1) is 6.59. The van der Waals surface area contributed by atoms with Gasteiger partial charge in [0.2, 0.25) is 5.91 Å². The van der Waals surface area contributed by atoms with Crippen LogP contribution in [0.4, 0.5) is 5.82 Å². The Bertz CT molecular complexity index is 374. The molecule has 4 nitrogen and oxygen atoms in total. The van der Waals surface area contributed by atoms with Crippen LogP contribution in [0.15, 0.2) is 6.07 Å². The lowest BCUT2D eigenvalue weighted by Crippen LogP contribution is -2.30. The molecule has 2 rings (SSSR count). The molecule has 0 fully saturated rings. The number of rotatable bonds is 0. The maximum absolute atomic E-state index is 11.8. The first-order valence-electron chi connectivity index (χ1n) is 4.60. The summed E-state index contributed by atoms with van der Waals surface area (Å²) in [6, 6.07) is 1.94. The average Bonchev–Trinajstić information content (AvgIpc) is 2.49. The first kappa shape index (κ1) is 9.95. The van der Waals surface area contributed by atoms with E-state index in [9.17, 15) is 4.79 Å². The predicted octanol–water partition coefficient (Wildman–Crippen LogP) is 1.49. The molecular formula is C9H12IN3O. The standard InChI is InChI=1S/C9H12IN3O/c1-6-3-4-13-8(5-7(10)11-13)12(2)9(6)14/h5-6H,3-4H2,1-2H3. The number of fused-ring (bicyclic) bond motifs is 1. The molecule has 1 aromatic rings. The third-order valence-corrected chi connectivity index (χ3v) is 3.13. The highest BCUT2D eigenvalue weighted by Gasteiger charge is 2.25. The molecule has 1 aromatic heterocycles. The van der Waals surface area contributed by atoms with Crippen molar-refractivity contribution in [2.24, 2.45) is 5.92 Å². The predicted molar refractivity (Wildman–Crippen MR) is 62.1 cm³/mol. The number of aromatic nitrogens is 2. The topological polar surface area (TPSA) is 38.1 Å². The highest BCUT2D eigenvalue weighted by atomic mass is 127. The second-order valence-corrected chi connectivity index (χ2v) is 4.74. The van der Waals surface area contributed by atoms with Crippen LogP contribution in [0.3, 0.4) is 0 Å². The summed E-state index contributed by atoms with van der Waals surface area (Å²) in [4.78, 5) is 13.5. The summed E-state index contributed by atoms with van der Waals surface area (Å²) in [5.41, 5.74) is 0. The van der Waals surface area contributed by atoms with Gasteiger partial charge in [0, 0.05) is 25.6 Å². The van der Waals surface area contributed by atoms with Gasteiger partial charge in [0.25, 0.3) is 0 Å². The molecule has 1 aliphatic heterocycles. The lowest BCUT2D eigenvalue weighted by molar-refractivity contribution is -0.121. The van der Waals surface area contributed by atoms with Crippen LogP contribution in [-0.2, 0) is 11.3 Å². The number of carbonyl (C=O) groups is 1. The van der Waals surface area contributed by atoms with Gasteiger partial charge in [0.15, 0.2) is 0 Å². The summed E-state index contributed by atoms with van der Waals surface area (Å²) in [5.74, 6) is 1.18. The molecule has 1 atom stereocenters. The number of carbonyl (C=O) groups excluding carboxylic acids is 1. The van der Waals surface area contributed by atoms with Gasteiger partial charge in [-0.2, -0.15) is 5.10 Å². The number of aryl methyl sites for hydroxylation is 1. The van der Waals surface area contributed by atoms with Gasteiger partial charge in [-0.15, -0.1) is 0 Å². The Labute approximate surface area is 96.4 Å². The number of hydrogen-bond donors (Lipinski definition) is 0. The van der Waals surface area contributed by atoms with Crippen LogP contribution in [0.1, 0.15) is 13.3 Å². The van der Waals surface area contributed by atoms with Crippen molar-refractivity contribution in [1.82, 2.24) is 9.78 Å². The third kappa shape index (κ3) is 1.53. The summed E-state index contributed by atoms with van der Waals surface area (Å²) in [6.45, 7) is 2.80. The molecule has 14 heavy (non-hydrogen) atoms. The highest BCUT2D eigenvalue weighted by Crippen LogP contribution is 2.23. The minimum Gasteiger partial charge on any atom is -0.300 e. The van der Waals surface area contributed by atoms with E-state index in [4.69, 9.17) is 0 Å². The molecule has 0 saturated carbocycles. The van der Waals surface area contributed by atoms with Gasteiger partial charge < -0.3 is 0 Å². The Kier molecular flexibility index (Phi) is 2.50. The van der Waals surface area contributed by atoms with Crippen LogP contribution < -0.4 is 4.90 Å². The molecule has 0 radical (unpaired) electrons. The molecule has 0 aliphatic carbocycles. The van der Waals surface area contributed by atoms with E-state index in [0.717, 1.165) is 22.5 Å². The van der Waals surface area contributed by atoms with Crippen LogP contribution in [0, 0.1) is 9.62 Å². The maximum Gasteiger partial charge on any atom is 0.230 e. The van der Waals surface area contributed by atoms with E-state index in [0.29, 0.717) is 0 Å². The summed E-state index contributed by atoms with van der Waals surface area (Å²) in [6.07, 6.45) is 0.869. The second kappa shape index (κ2) is 3.52. The zero-order chi connectivity index (χ0) is 10.3. The van der Waals surface area contributed by atoms with Crippen LogP contribution in [-0.4, -0.2) is 22.7 Å². The first-order valence-corrected chi connectivity index (χ1v) is 5.68. The average molecular weight is 305 g/mol. The van der Waals surface area contributed by atoms with Gasteiger partial charge in [-0.05, 0) is 29.0 Å². The minimum atomic E-state index is 0.0966. The number of halogens is 1. The molecule has 0 saturated heterocycles. The zero-order valence-corrected chi connectivity index (χ0v) is 10.4. The molecule has 1 amide bonds. The minimum absolute atomic E-state index is 0.0966. The highest BCUT2D eigenvalue weighted by molar-refractivity contribution is 14.1. The van der Waals surface area contributed by atoms with Gasteiger partial charge in [0.1, 0.15) is 9.52 Å². The Morgan fingerprint density at radius 2 is 2.36 bits per heavy atom. The van der Waals surface area contributed by atoms with Crippen LogP contribution in [0.2, 0.25) is 0 Å². The number of hydrogen-bond acceptors (Lipinski definition) is 2. The van der Waals surface area contributed by atoms with Crippen LogP contribution in [0.25, 0.3) is 0 Å². The fraction of sp³-hybridized carbons (Fsp3) is 0.556. The molecule has 2 heterocycles. The van der Waals surface area contributed by atoms with Gasteiger partial charge in [0.05, 0.1) is 0 Å². The molecule has 0 N–H and O–H groups in total. The van der Waals surface area contributed by atoms with Crippen molar-refractivity contribution in [2.75, 3.05) is 11.9 Å². The van der Waals surface area contributed by atoms with E-state index >= 15 is 0 Å². The third-order valence-electron chi connectivity index (χ3n) is 2.60. The van der Waals surface area contributed by atoms with E-state index in [1.807, 2.05) is 24.7 Å². The van der Waals surface area contributed by atoms with E-state index in [1.165, 1.54) is 0 Å². The van der Waals surface area contributed by atoms with E-state index in [-0.39, 0.29) is 11.8 Å². The Hall–Kier alpha value is -0.590. The smallest absolute Gasteiger partial charge is 0.230 e. The van der Waals surface area contributed by atoms with E-state index in [1.54, 1.807) is 4.90 Å². The van der Waals surface area contributed by atoms with Crippen LogP contribution in [0.5, 0.6) is 0 Å². The monoisotopic (exact) mass is 305 g/mol. The fourth-order valence-corrected chi connectivity index (χ4v) is 2.23. The Balaban J connectivity index is 2.43. The normalized spacial score (nSPS) is 22.1. The van der Waals surface area contributed by atoms with Crippen molar-refractivity contribution in [3.8, 4) is 0 Å². The van der Waals surface area contributed by atoms with E-state index < -0.39 is 0 Å². The SMILES string of the molecule is CC1CCn2nc(I)cc2N(C)C1=O. The summed E-state index contributed by atoms with van der Waals surface area (Å²) >= 11 is 2.17. The molecular weight excluding hydrogens is 293 g/mol. The van der Waals surface area contributed by atoms with E-state index in [2.05, 4.69) is 27.7 Å². The molecule has 1 unspecified atom stereocenters. The molecule has 0 bridgehead atoms. The van der Waals surface area contributed by atoms with Crippen molar-refractivity contribution >= 4 is 34.3 Å². The largest absolute Gasteiger partial charge is 0.300 e. The molecule has 0 aromatic carbocycles. The number of amides is 1. The molecule has 76 valence electrons. The number of nitrogens with zero attached hydrogens (tertiary/aromatic N) is 3. The van der Waals surface area contributed by atoms with Gasteiger partial charge in [-0.3, -0.25) is 9.69 Å². The van der Waals surface area contributed by atoms with Crippen LogP contribution >= 0.6 is 22.6 Å². The van der Waals surface area contributed by atoms with Crippen molar-refractivity contribution in [3.63, 3.8) is 0 Å². The van der Waals surface area contributed by atoms with Gasteiger partial charge in [-0.25, -0.2) is 4.68 Å². The van der Waals surface area contributed by atoms with Gasteiger partial charge in [-0.1, -0.05) is 6.92 Å². The van der Waals surface area contributed by atoms with Crippen molar-refractivity contribution in [1.29, 1.82) is 0 Å². The molecule has 0 spiro atoms. The van der Waals surface area contributed by atoms with Crippen molar-refractivity contribution < 1.29 is 4.79 Å². The zero-order valence-electron chi connectivity index (χ0n) is 8.20. The molecule has 1 aliphatic rings. The quantitative estimate of drug-likeness (QED) is 0.681. The lowest BCUT2D eigenvalue weighted by Gasteiger charge is -2.16. The second-order valence-electron chi connectivity index (χ2n) is 3.64. The molecule has 5 heteroatoms. The summed E-state index contributed by atoms with van der Waals surface area (Å²) < 4.78 is 2.84. The number of anilines is 1. The Morgan fingerprint density at radius 1 is 1.64 bits per heavy atom. The lowest BCUT2D eigenvalue weighted by atomic mass is 10.1. The summed E-state index contributed by atoms with van der Waals surface area (Å²) in [7, 11) is 1.81. The Morgan fingerprint density at radius 3 is 3.07 bits per heavy atom. The van der Waals surface area contributed by atoms with Gasteiger partial charge >= 0.3 is 0 Å². The fourth-order valence-electron chi connectivity index (χ4n) is 1.69. The maximum atomic E-state index is 11.8. The van der Waals surface area contributed by atoms with Crippen molar-refractivity contribution in [2.45, 2.75) is 19.9 Å². The van der Waals surface area contributed by atoms with Crippen molar-refractivity contribution in [3.05, 3.63) is 9.77 Å².